The lowest BCUT2D eigenvalue weighted by molar-refractivity contribution is 0.0583. The highest BCUT2D eigenvalue weighted by Gasteiger charge is 2.26. The molecule has 0 saturated carbocycles. The van der Waals surface area contributed by atoms with Gasteiger partial charge in [-0.3, -0.25) is 10.2 Å². The lowest BCUT2D eigenvalue weighted by Gasteiger charge is -2.12. The van der Waals surface area contributed by atoms with Gasteiger partial charge in [0.1, 0.15) is 0 Å². The molecular formula is C18H18N2O7S2. The van der Waals surface area contributed by atoms with E-state index in [0.717, 1.165) is 56.1 Å². The molecule has 1 aromatic heterocycles. The summed E-state index contributed by atoms with van der Waals surface area (Å²) in [5.41, 5.74) is 2.86. The molecule has 3 rings (SSSR count). The number of ether oxygens (including phenoxy) is 2. The van der Waals surface area contributed by atoms with Crippen LogP contribution < -0.4 is 10.3 Å². The monoisotopic (exact) mass is 438 g/mol. The molecule has 0 aliphatic heterocycles. The third-order valence-corrected chi connectivity index (χ3v) is 6.89. The summed E-state index contributed by atoms with van der Waals surface area (Å²) in [6.45, 7) is 0. The standard InChI is InChI=1S/C18H18N2O7S2/c1-26-17(22)11-6-7-12(18(23)27-2)15(9-11)29(24,25)20-19-16(21)14-8-10-4-3-5-13(10)28-14/h6-9,20H,3-5H2,1-2H3,(H,19,21). The van der Waals surface area contributed by atoms with E-state index in [-0.39, 0.29) is 11.1 Å². The van der Waals surface area contributed by atoms with E-state index in [1.165, 1.54) is 17.4 Å². The number of hydrazine groups is 1. The molecule has 0 atom stereocenters. The number of hydrogen-bond donors (Lipinski definition) is 2. The average molecular weight is 438 g/mol. The number of fused-ring (bicyclic) bond motifs is 1. The van der Waals surface area contributed by atoms with Gasteiger partial charge in [-0.2, -0.15) is 0 Å². The first-order chi connectivity index (χ1) is 13.8. The van der Waals surface area contributed by atoms with Crippen molar-refractivity contribution in [1.29, 1.82) is 0 Å². The fourth-order valence-electron chi connectivity index (χ4n) is 2.94. The molecule has 0 unspecified atom stereocenters. The van der Waals surface area contributed by atoms with Gasteiger partial charge in [0, 0.05) is 4.88 Å². The number of benzene rings is 1. The Balaban J connectivity index is 1.85. The quantitative estimate of drug-likeness (QED) is 0.516. The number of carbonyl (C=O) groups excluding carboxylic acids is 3. The van der Waals surface area contributed by atoms with E-state index in [4.69, 9.17) is 0 Å². The molecule has 1 aliphatic carbocycles. The molecule has 0 fully saturated rings. The minimum Gasteiger partial charge on any atom is -0.465 e. The minimum atomic E-state index is -4.39. The Morgan fingerprint density at radius 1 is 1.03 bits per heavy atom. The Kier molecular flexibility index (Phi) is 6.01. The van der Waals surface area contributed by atoms with E-state index in [2.05, 4.69) is 14.9 Å². The van der Waals surface area contributed by atoms with Crippen LogP contribution in [-0.4, -0.2) is 40.5 Å². The van der Waals surface area contributed by atoms with E-state index in [0.29, 0.717) is 4.88 Å². The van der Waals surface area contributed by atoms with Crippen LogP contribution in [0, 0.1) is 0 Å². The van der Waals surface area contributed by atoms with Crippen molar-refractivity contribution in [3.05, 3.63) is 50.7 Å². The number of esters is 2. The second-order valence-electron chi connectivity index (χ2n) is 6.17. The van der Waals surface area contributed by atoms with Gasteiger partial charge in [-0.25, -0.2) is 18.0 Å². The van der Waals surface area contributed by atoms with E-state index in [9.17, 15) is 22.8 Å². The molecule has 1 aromatic carbocycles. The predicted molar refractivity (Wildman–Crippen MR) is 103 cm³/mol. The molecule has 0 spiro atoms. The summed E-state index contributed by atoms with van der Waals surface area (Å²) < 4.78 is 34.6. The molecule has 11 heteroatoms. The molecule has 29 heavy (non-hydrogen) atoms. The molecule has 0 radical (unpaired) electrons. The first kappa shape index (κ1) is 21.0. The van der Waals surface area contributed by atoms with Crippen molar-refractivity contribution in [2.45, 2.75) is 24.2 Å². The molecule has 9 nitrogen and oxygen atoms in total. The molecule has 154 valence electrons. The Morgan fingerprint density at radius 3 is 2.41 bits per heavy atom. The van der Waals surface area contributed by atoms with Gasteiger partial charge in [-0.05, 0) is 49.1 Å². The zero-order valence-electron chi connectivity index (χ0n) is 15.6. The van der Waals surface area contributed by atoms with E-state index >= 15 is 0 Å². The van der Waals surface area contributed by atoms with Crippen LogP contribution >= 0.6 is 11.3 Å². The van der Waals surface area contributed by atoms with Crippen LogP contribution in [0.25, 0.3) is 0 Å². The summed E-state index contributed by atoms with van der Waals surface area (Å²) in [6, 6.07) is 5.10. The molecule has 0 saturated heterocycles. The highest BCUT2D eigenvalue weighted by molar-refractivity contribution is 7.89. The van der Waals surface area contributed by atoms with Gasteiger partial charge >= 0.3 is 11.9 Å². The van der Waals surface area contributed by atoms with Crippen molar-refractivity contribution in [1.82, 2.24) is 10.3 Å². The van der Waals surface area contributed by atoms with Crippen molar-refractivity contribution in [2.75, 3.05) is 14.2 Å². The highest BCUT2D eigenvalue weighted by atomic mass is 32.2. The molecule has 1 heterocycles. The fraction of sp³-hybridized carbons (Fsp3) is 0.278. The maximum Gasteiger partial charge on any atom is 0.339 e. The van der Waals surface area contributed by atoms with Gasteiger partial charge in [-0.15, -0.1) is 16.2 Å². The van der Waals surface area contributed by atoms with Gasteiger partial charge < -0.3 is 9.47 Å². The molecular weight excluding hydrogens is 420 g/mol. The maximum atomic E-state index is 12.7. The van der Waals surface area contributed by atoms with Crippen LogP contribution in [0.4, 0.5) is 0 Å². The smallest absolute Gasteiger partial charge is 0.339 e. The van der Waals surface area contributed by atoms with Gasteiger partial charge in [0.25, 0.3) is 15.9 Å². The lowest BCUT2D eigenvalue weighted by atomic mass is 10.1. The number of hydrogen-bond acceptors (Lipinski definition) is 8. The summed E-state index contributed by atoms with van der Waals surface area (Å²) >= 11 is 1.32. The van der Waals surface area contributed by atoms with E-state index in [1.54, 1.807) is 6.07 Å². The van der Waals surface area contributed by atoms with Crippen LogP contribution in [0.1, 0.15) is 47.2 Å². The average Bonchev–Trinajstić information content (AvgIpc) is 3.32. The van der Waals surface area contributed by atoms with E-state index in [1.807, 2.05) is 4.83 Å². The summed E-state index contributed by atoms with van der Waals surface area (Å²) in [5.74, 6) is -2.31. The van der Waals surface area contributed by atoms with Crippen molar-refractivity contribution in [3.63, 3.8) is 0 Å². The van der Waals surface area contributed by atoms with Gasteiger partial charge in [0.15, 0.2) is 0 Å². The number of methoxy groups -OCH3 is 2. The number of sulfonamides is 1. The van der Waals surface area contributed by atoms with Crippen LogP contribution in [0.3, 0.4) is 0 Å². The summed E-state index contributed by atoms with van der Waals surface area (Å²) in [4.78, 5) is 39.0. The number of amides is 1. The minimum absolute atomic E-state index is 0.0819. The first-order valence-corrected chi connectivity index (χ1v) is 10.8. The molecule has 0 bridgehead atoms. The van der Waals surface area contributed by atoms with Crippen LogP contribution in [-0.2, 0) is 32.3 Å². The Morgan fingerprint density at radius 2 is 1.76 bits per heavy atom. The van der Waals surface area contributed by atoms with Crippen LogP contribution in [0.2, 0.25) is 0 Å². The normalized spacial score (nSPS) is 12.9. The number of thiophene rings is 1. The highest BCUT2D eigenvalue weighted by Crippen LogP contribution is 2.30. The lowest BCUT2D eigenvalue weighted by Crippen LogP contribution is -2.41. The SMILES string of the molecule is COC(=O)c1ccc(C(=O)OC)c(S(=O)(=O)NNC(=O)c2cc3c(s2)CCC3)c1. The largest absolute Gasteiger partial charge is 0.465 e. The number of carbonyl (C=O) groups is 3. The third kappa shape index (κ3) is 4.31. The maximum absolute atomic E-state index is 12.7. The zero-order valence-corrected chi connectivity index (χ0v) is 17.2. The topological polar surface area (TPSA) is 128 Å². The van der Waals surface area contributed by atoms with E-state index < -0.39 is 32.8 Å². The second-order valence-corrected chi connectivity index (χ2v) is 8.95. The van der Waals surface area contributed by atoms with Crippen molar-refractivity contribution >= 4 is 39.2 Å². The number of nitrogens with one attached hydrogen (secondary N) is 2. The van der Waals surface area contributed by atoms with Crippen LogP contribution in [0.5, 0.6) is 0 Å². The molecule has 1 amide bonds. The van der Waals surface area contributed by atoms with Gasteiger partial charge in [-0.1, -0.05) is 0 Å². The Labute approximate surface area is 171 Å². The zero-order chi connectivity index (χ0) is 21.2. The summed E-state index contributed by atoms with van der Waals surface area (Å²) in [6.07, 6.45) is 2.85. The summed E-state index contributed by atoms with van der Waals surface area (Å²) in [7, 11) is -2.16. The van der Waals surface area contributed by atoms with Crippen molar-refractivity contribution < 1.29 is 32.3 Å². The Bertz CT molecular complexity index is 1070. The van der Waals surface area contributed by atoms with Crippen molar-refractivity contribution in [2.24, 2.45) is 0 Å². The van der Waals surface area contributed by atoms with Gasteiger partial charge in [0.2, 0.25) is 0 Å². The fourth-order valence-corrected chi connectivity index (χ4v) is 5.15. The third-order valence-electron chi connectivity index (χ3n) is 4.37. The molecule has 2 aromatic rings. The first-order valence-electron chi connectivity index (χ1n) is 8.51. The van der Waals surface area contributed by atoms with Crippen LogP contribution in [0.15, 0.2) is 29.2 Å². The van der Waals surface area contributed by atoms with Crippen molar-refractivity contribution in [3.8, 4) is 0 Å². The second kappa shape index (κ2) is 8.31. The Hall–Kier alpha value is -2.76. The molecule has 1 aliphatic rings. The predicted octanol–water partition coefficient (Wildman–Crippen LogP) is 1.43. The van der Waals surface area contributed by atoms with Gasteiger partial charge in [0.05, 0.1) is 35.1 Å². The summed E-state index contributed by atoms with van der Waals surface area (Å²) in [5, 5.41) is 0. The molecule has 2 N–H and O–H groups in total. The number of rotatable bonds is 6. The number of aryl methyl sites for hydroxylation is 2.